The molecule has 0 aromatic heterocycles. The SMILES string of the molecule is Nc1ccccc1CN[C@@H]1C=C[C@H](OC2CCCCO2)CC1. The van der Waals surface area contributed by atoms with E-state index in [1.165, 1.54) is 6.42 Å². The van der Waals surface area contributed by atoms with Crippen LogP contribution in [0.25, 0.3) is 0 Å². The number of ether oxygens (including phenoxy) is 2. The summed E-state index contributed by atoms with van der Waals surface area (Å²) < 4.78 is 11.6. The van der Waals surface area contributed by atoms with Crippen molar-refractivity contribution in [2.45, 2.75) is 57.1 Å². The second-order valence-electron chi connectivity index (χ2n) is 6.12. The average molecular weight is 302 g/mol. The highest BCUT2D eigenvalue weighted by atomic mass is 16.7. The Morgan fingerprint density at radius 3 is 2.77 bits per heavy atom. The summed E-state index contributed by atoms with van der Waals surface area (Å²) in [6, 6.07) is 8.40. The number of benzene rings is 1. The third-order valence-electron chi connectivity index (χ3n) is 4.39. The smallest absolute Gasteiger partial charge is 0.158 e. The van der Waals surface area contributed by atoms with Gasteiger partial charge in [-0.1, -0.05) is 30.4 Å². The van der Waals surface area contributed by atoms with Gasteiger partial charge in [0.15, 0.2) is 6.29 Å². The Morgan fingerprint density at radius 1 is 1.14 bits per heavy atom. The maximum absolute atomic E-state index is 6.01. The molecule has 1 aliphatic heterocycles. The Balaban J connectivity index is 1.44. The molecule has 1 aromatic rings. The number of hydrogen-bond acceptors (Lipinski definition) is 4. The standard InChI is InChI=1S/C18H26N2O2/c19-17-6-2-1-5-14(17)13-20-15-8-10-16(11-9-15)22-18-7-3-4-12-21-18/h1-2,5-6,8,10,15-16,18,20H,3-4,7,9,11-13,19H2/t15-,16+,18?/m1/s1. The number of anilines is 1. The number of nitrogen functional groups attached to an aromatic ring is 1. The van der Waals surface area contributed by atoms with Crippen molar-refractivity contribution >= 4 is 5.69 Å². The molecule has 120 valence electrons. The van der Waals surface area contributed by atoms with E-state index in [1.807, 2.05) is 18.2 Å². The number of nitrogens with two attached hydrogens (primary N) is 1. The molecule has 4 heteroatoms. The molecule has 1 aliphatic carbocycles. The van der Waals surface area contributed by atoms with Gasteiger partial charge in [-0.05, 0) is 43.7 Å². The first-order chi connectivity index (χ1) is 10.8. The van der Waals surface area contributed by atoms with E-state index < -0.39 is 0 Å². The van der Waals surface area contributed by atoms with Crippen LogP contribution in [0.15, 0.2) is 36.4 Å². The zero-order valence-electron chi connectivity index (χ0n) is 13.0. The summed E-state index contributed by atoms with van der Waals surface area (Å²) in [7, 11) is 0. The van der Waals surface area contributed by atoms with E-state index in [4.69, 9.17) is 15.2 Å². The van der Waals surface area contributed by atoms with Gasteiger partial charge in [0.2, 0.25) is 0 Å². The summed E-state index contributed by atoms with van der Waals surface area (Å²) >= 11 is 0. The molecule has 1 aromatic carbocycles. The molecule has 1 unspecified atom stereocenters. The van der Waals surface area contributed by atoms with Gasteiger partial charge in [0.25, 0.3) is 0 Å². The van der Waals surface area contributed by atoms with E-state index in [1.54, 1.807) is 0 Å². The largest absolute Gasteiger partial charge is 0.398 e. The van der Waals surface area contributed by atoms with Crippen molar-refractivity contribution in [3.63, 3.8) is 0 Å². The van der Waals surface area contributed by atoms with Crippen LogP contribution in [0.4, 0.5) is 5.69 Å². The van der Waals surface area contributed by atoms with E-state index in [2.05, 4.69) is 23.5 Å². The van der Waals surface area contributed by atoms with Gasteiger partial charge in [-0.15, -0.1) is 0 Å². The molecule has 0 bridgehead atoms. The minimum absolute atomic E-state index is 0.00275. The van der Waals surface area contributed by atoms with E-state index in [-0.39, 0.29) is 12.4 Å². The lowest BCUT2D eigenvalue weighted by molar-refractivity contribution is -0.180. The Labute approximate surface area is 132 Å². The molecule has 2 aliphatic rings. The van der Waals surface area contributed by atoms with E-state index in [0.717, 1.165) is 50.1 Å². The van der Waals surface area contributed by atoms with Crippen molar-refractivity contribution in [2.24, 2.45) is 0 Å². The molecule has 3 rings (SSSR count). The molecule has 3 atom stereocenters. The van der Waals surface area contributed by atoms with Crippen LogP contribution >= 0.6 is 0 Å². The molecule has 1 fully saturated rings. The highest BCUT2D eigenvalue weighted by Gasteiger charge is 2.21. The predicted molar refractivity (Wildman–Crippen MR) is 88.3 cm³/mol. The van der Waals surface area contributed by atoms with Gasteiger partial charge in [0.05, 0.1) is 6.10 Å². The lowest BCUT2D eigenvalue weighted by atomic mass is 10.00. The van der Waals surface area contributed by atoms with Crippen molar-refractivity contribution in [1.82, 2.24) is 5.32 Å². The number of nitrogens with one attached hydrogen (secondary N) is 1. The molecular weight excluding hydrogens is 276 g/mol. The molecule has 3 N–H and O–H groups in total. The summed E-state index contributed by atoms with van der Waals surface area (Å²) in [5, 5.41) is 3.55. The van der Waals surface area contributed by atoms with Crippen molar-refractivity contribution < 1.29 is 9.47 Å². The van der Waals surface area contributed by atoms with Crippen LogP contribution in [0.1, 0.15) is 37.7 Å². The normalized spacial score (nSPS) is 28.6. The quantitative estimate of drug-likeness (QED) is 0.648. The molecule has 4 nitrogen and oxygen atoms in total. The van der Waals surface area contributed by atoms with Crippen LogP contribution in [0.3, 0.4) is 0 Å². The highest BCUT2D eigenvalue weighted by molar-refractivity contribution is 5.46. The predicted octanol–water partition coefficient (Wildman–Crippen LogP) is 2.99. The van der Waals surface area contributed by atoms with Crippen LogP contribution < -0.4 is 11.1 Å². The topological polar surface area (TPSA) is 56.5 Å². The second kappa shape index (κ2) is 7.77. The van der Waals surface area contributed by atoms with Gasteiger partial charge in [-0.3, -0.25) is 0 Å². The molecule has 0 spiro atoms. The molecule has 22 heavy (non-hydrogen) atoms. The fraction of sp³-hybridized carbons (Fsp3) is 0.556. The minimum Gasteiger partial charge on any atom is -0.398 e. The van der Waals surface area contributed by atoms with E-state index >= 15 is 0 Å². The maximum Gasteiger partial charge on any atom is 0.158 e. The van der Waals surface area contributed by atoms with Gasteiger partial charge in [-0.2, -0.15) is 0 Å². The Bertz CT molecular complexity index is 498. The summed E-state index contributed by atoms with van der Waals surface area (Å²) in [6.45, 7) is 1.64. The number of para-hydroxylation sites is 1. The van der Waals surface area contributed by atoms with Gasteiger partial charge in [0, 0.05) is 24.9 Å². The van der Waals surface area contributed by atoms with Crippen LogP contribution in [-0.2, 0) is 16.0 Å². The molecule has 0 saturated carbocycles. The summed E-state index contributed by atoms with van der Waals surface area (Å²) in [4.78, 5) is 0. The van der Waals surface area contributed by atoms with Crippen LogP contribution in [0, 0.1) is 0 Å². The van der Waals surface area contributed by atoms with Gasteiger partial charge in [-0.25, -0.2) is 0 Å². The van der Waals surface area contributed by atoms with Crippen LogP contribution in [0.2, 0.25) is 0 Å². The highest BCUT2D eigenvalue weighted by Crippen LogP contribution is 2.21. The first-order valence-electron chi connectivity index (χ1n) is 8.33. The Morgan fingerprint density at radius 2 is 2.05 bits per heavy atom. The summed E-state index contributed by atoms with van der Waals surface area (Å²) in [5.41, 5.74) is 7.98. The second-order valence-corrected chi connectivity index (χ2v) is 6.12. The molecule has 1 saturated heterocycles. The lowest BCUT2D eigenvalue weighted by Crippen LogP contribution is -2.34. The third kappa shape index (κ3) is 4.32. The van der Waals surface area contributed by atoms with Crippen molar-refractivity contribution in [1.29, 1.82) is 0 Å². The zero-order chi connectivity index (χ0) is 15.2. The number of hydrogen-bond donors (Lipinski definition) is 2. The monoisotopic (exact) mass is 302 g/mol. The van der Waals surface area contributed by atoms with E-state index in [9.17, 15) is 0 Å². The molecule has 0 radical (unpaired) electrons. The minimum atomic E-state index is -0.00275. The first kappa shape index (κ1) is 15.5. The van der Waals surface area contributed by atoms with Crippen LogP contribution in [-0.4, -0.2) is 25.0 Å². The molecular formula is C18H26N2O2. The first-order valence-corrected chi connectivity index (χ1v) is 8.33. The summed E-state index contributed by atoms with van der Waals surface area (Å²) in [5.74, 6) is 0. The fourth-order valence-corrected chi connectivity index (χ4v) is 3.03. The third-order valence-corrected chi connectivity index (χ3v) is 4.39. The molecule has 1 heterocycles. The van der Waals surface area contributed by atoms with Crippen LogP contribution in [0.5, 0.6) is 0 Å². The van der Waals surface area contributed by atoms with Gasteiger partial charge < -0.3 is 20.5 Å². The Kier molecular flexibility index (Phi) is 5.48. The lowest BCUT2D eigenvalue weighted by Gasteiger charge is -2.29. The molecule has 0 amide bonds. The Hall–Kier alpha value is -1.36. The number of rotatable bonds is 5. The van der Waals surface area contributed by atoms with Crippen molar-refractivity contribution in [2.75, 3.05) is 12.3 Å². The van der Waals surface area contributed by atoms with Gasteiger partial charge >= 0.3 is 0 Å². The van der Waals surface area contributed by atoms with Gasteiger partial charge in [0.1, 0.15) is 0 Å². The van der Waals surface area contributed by atoms with E-state index in [0.29, 0.717) is 6.04 Å². The van der Waals surface area contributed by atoms with Crippen molar-refractivity contribution in [3.8, 4) is 0 Å². The fourth-order valence-electron chi connectivity index (χ4n) is 3.03. The summed E-state index contributed by atoms with van der Waals surface area (Å²) in [6.07, 6.45) is 10.1. The maximum atomic E-state index is 6.01. The van der Waals surface area contributed by atoms with Crippen molar-refractivity contribution in [3.05, 3.63) is 42.0 Å². The zero-order valence-corrected chi connectivity index (χ0v) is 13.0. The average Bonchev–Trinajstić information content (AvgIpc) is 2.56.